The Morgan fingerprint density at radius 2 is 1.95 bits per heavy atom. The molecule has 2 rings (SSSR count). The number of rotatable bonds is 4. The molecule has 0 fully saturated rings. The van der Waals surface area contributed by atoms with Crippen molar-refractivity contribution in [2.45, 2.75) is 6.54 Å². The van der Waals surface area contributed by atoms with Gasteiger partial charge >= 0.3 is 0 Å². The molecule has 0 radical (unpaired) electrons. The van der Waals surface area contributed by atoms with E-state index in [9.17, 15) is 4.39 Å². The lowest BCUT2D eigenvalue weighted by Gasteiger charge is -2.07. The van der Waals surface area contributed by atoms with E-state index >= 15 is 0 Å². The highest BCUT2D eigenvalue weighted by Gasteiger charge is 2.01. The first-order valence-corrected chi connectivity index (χ1v) is 6.27. The molecule has 0 heterocycles. The zero-order valence-corrected chi connectivity index (χ0v) is 14.2. The van der Waals surface area contributed by atoms with Crippen molar-refractivity contribution in [2.24, 2.45) is 10.7 Å². The van der Waals surface area contributed by atoms with Crippen LogP contribution in [-0.2, 0) is 6.54 Å². The fourth-order valence-electron chi connectivity index (χ4n) is 1.69. The Hall–Kier alpha value is -2.03. The van der Waals surface area contributed by atoms with Gasteiger partial charge in [0, 0.05) is 5.69 Å². The van der Waals surface area contributed by atoms with Crippen LogP contribution in [0.3, 0.4) is 0 Å². The van der Waals surface area contributed by atoms with Gasteiger partial charge in [0.2, 0.25) is 0 Å². The molecule has 0 unspecified atom stereocenters. The van der Waals surface area contributed by atoms with Crippen molar-refractivity contribution in [2.75, 3.05) is 12.4 Å². The summed E-state index contributed by atoms with van der Waals surface area (Å²) < 4.78 is 18.2. The lowest BCUT2D eigenvalue weighted by atomic mass is 10.2. The summed E-state index contributed by atoms with van der Waals surface area (Å²) in [4.78, 5) is 4.11. The Bertz CT molecular complexity index is 648. The predicted octanol–water partition coefficient (Wildman–Crippen LogP) is 3.08. The van der Waals surface area contributed by atoms with E-state index in [0.717, 1.165) is 11.4 Å². The van der Waals surface area contributed by atoms with Gasteiger partial charge in [0.1, 0.15) is 5.75 Å². The van der Waals surface area contributed by atoms with Gasteiger partial charge in [-0.15, -0.1) is 24.0 Å². The molecule has 0 aliphatic carbocycles. The van der Waals surface area contributed by atoms with Crippen LogP contribution in [0.15, 0.2) is 47.5 Å². The first kappa shape index (κ1) is 18.0. The third-order valence-corrected chi connectivity index (χ3v) is 2.81. The third kappa shape index (κ3) is 5.06. The average Bonchev–Trinajstić information content (AvgIpc) is 2.49. The summed E-state index contributed by atoms with van der Waals surface area (Å²) in [5.74, 6) is -0.0966. The summed E-state index contributed by atoms with van der Waals surface area (Å²) in [7, 11) is 1.59. The first-order valence-electron chi connectivity index (χ1n) is 6.27. The van der Waals surface area contributed by atoms with Crippen LogP contribution >= 0.6 is 24.0 Å². The van der Waals surface area contributed by atoms with Gasteiger partial charge in [0.25, 0.3) is 0 Å². The molecule has 5 nitrogen and oxygen atoms in total. The number of ether oxygens (including phenoxy) is 1. The highest BCUT2D eigenvalue weighted by Crippen LogP contribution is 2.17. The summed E-state index contributed by atoms with van der Waals surface area (Å²) >= 11 is 0. The van der Waals surface area contributed by atoms with Gasteiger partial charge in [0.15, 0.2) is 17.5 Å². The summed E-state index contributed by atoms with van der Waals surface area (Å²) in [6.45, 7) is 0.214. The molecular formula is C15H17FIN3O2. The molecule has 0 amide bonds. The van der Waals surface area contributed by atoms with Crippen LogP contribution < -0.4 is 15.8 Å². The van der Waals surface area contributed by atoms with Gasteiger partial charge in [0.05, 0.1) is 13.7 Å². The number of phenolic OH excluding ortho intramolecular Hbond substituents is 1. The monoisotopic (exact) mass is 417 g/mol. The zero-order chi connectivity index (χ0) is 15.2. The quantitative estimate of drug-likeness (QED) is 0.406. The number of anilines is 1. The smallest absolute Gasteiger partial charge is 0.193 e. The van der Waals surface area contributed by atoms with Crippen molar-refractivity contribution >= 4 is 35.6 Å². The fraction of sp³-hybridized carbons (Fsp3) is 0.133. The highest BCUT2D eigenvalue weighted by molar-refractivity contribution is 14.0. The molecule has 118 valence electrons. The van der Waals surface area contributed by atoms with Gasteiger partial charge in [-0.1, -0.05) is 6.07 Å². The standard InChI is InChI=1S/C15H16FN3O2.HI/c1-21-12-5-3-11(4-6-12)19-15(17)18-9-10-2-7-14(20)13(16)8-10;/h2-8,20H,9H2,1H3,(H3,17,18,19);1H. The van der Waals surface area contributed by atoms with Crippen molar-refractivity contribution in [3.63, 3.8) is 0 Å². The molecule has 2 aromatic rings. The van der Waals surface area contributed by atoms with Gasteiger partial charge in [-0.2, -0.15) is 0 Å². The number of halogens is 2. The second-order valence-electron chi connectivity index (χ2n) is 4.34. The molecule has 0 bridgehead atoms. The Morgan fingerprint density at radius 1 is 1.27 bits per heavy atom. The SMILES string of the molecule is COc1ccc(NC(N)=NCc2ccc(O)c(F)c2)cc1.I. The molecule has 7 heteroatoms. The average molecular weight is 417 g/mol. The number of nitrogens with two attached hydrogens (primary N) is 1. The van der Waals surface area contributed by atoms with Crippen LogP contribution in [0.2, 0.25) is 0 Å². The van der Waals surface area contributed by atoms with Crippen LogP contribution in [0.1, 0.15) is 5.56 Å². The fourth-order valence-corrected chi connectivity index (χ4v) is 1.69. The number of aromatic hydroxyl groups is 1. The van der Waals surface area contributed by atoms with E-state index in [1.54, 1.807) is 37.4 Å². The van der Waals surface area contributed by atoms with Gasteiger partial charge in [-0.3, -0.25) is 0 Å². The van der Waals surface area contributed by atoms with E-state index in [4.69, 9.17) is 15.6 Å². The summed E-state index contributed by atoms with van der Waals surface area (Å²) in [6, 6.07) is 11.3. The van der Waals surface area contributed by atoms with Crippen molar-refractivity contribution < 1.29 is 14.2 Å². The van der Waals surface area contributed by atoms with E-state index in [-0.39, 0.29) is 42.2 Å². The molecule has 0 spiro atoms. The van der Waals surface area contributed by atoms with Crippen LogP contribution in [0.4, 0.5) is 10.1 Å². The van der Waals surface area contributed by atoms with E-state index in [1.807, 2.05) is 0 Å². The van der Waals surface area contributed by atoms with E-state index in [0.29, 0.717) is 5.56 Å². The van der Waals surface area contributed by atoms with Crippen molar-refractivity contribution in [1.29, 1.82) is 0 Å². The second kappa shape index (κ2) is 8.42. The van der Waals surface area contributed by atoms with E-state index in [2.05, 4.69) is 10.3 Å². The van der Waals surface area contributed by atoms with Crippen molar-refractivity contribution in [3.8, 4) is 11.5 Å². The molecule has 0 atom stereocenters. The predicted molar refractivity (Wildman–Crippen MR) is 95.4 cm³/mol. The summed E-state index contributed by atoms with van der Waals surface area (Å²) in [5.41, 5.74) is 7.14. The maximum Gasteiger partial charge on any atom is 0.193 e. The molecule has 0 saturated heterocycles. The van der Waals surface area contributed by atoms with Crippen molar-refractivity contribution in [1.82, 2.24) is 0 Å². The molecule has 2 aromatic carbocycles. The Labute approximate surface area is 145 Å². The number of nitrogens with zero attached hydrogens (tertiary/aromatic N) is 1. The zero-order valence-electron chi connectivity index (χ0n) is 11.9. The maximum atomic E-state index is 13.2. The van der Waals surface area contributed by atoms with Crippen LogP contribution in [0, 0.1) is 5.82 Å². The number of aliphatic imine (C=N–C) groups is 1. The molecule has 0 aromatic heterocycles. The number of phenols is 1. The minimum Gasteiger partial charge on any atom is -0.505 e. The number of hydrogen-bond donors (Lipinski definition) is 3. The summed E-state index contributed by atoms with van der Waals surface area (Å²) in [6.07, 6.45) is 0. The first-order chi connectivity index (χ1) is 10.1. The second-order valence-corrected chi connectivity index (χ2v) is 4.34. The van der Waals surface area contributed by atoms with Gasteiger partial charge < -0.3 is 20.9 Å². The molecule has 4 N–H and O–H groups in total. The molecule has 0 aliphatic heterocycles. The topological polar surface area (TPSA) is 79.9 Å². The maximum absolute atomic E-state index is 13.2. The van der Waals surface area contributed by atoms with Crippen molar-refractivity contribution in [3.05, 3.63) is 53.8 Å². The van der Waals surface area contributed by atoms with E-state index in [1.165, 1.54) is 12.1 Å². The summed E-state index contributed by atoms with van der Waals surface area (Å²) in [5, 5.41) is 12.0. The Morgan fingerprint density at radius 3 is 2.55 bits per heavy atom. The normalized spacial score (nSPS) is 10.7. The lowest BCUT2D eigenvalue weighted by molar-refractivity contribution is 0.415. The van der Waals surface area contributed by atoms with Gasteiger partial charge in [-0.25, -0.2) is 9.38 Å². The molecule has 0 saturated carbocycles. The molecule has 22 heavy (non-hydrogen) atoms. The number of nitrogens with one attached hydrogen (secondary N) is 1. The largest absolute Gasteiger partial charge is 0.505 e. The minimum atomic E-state index is -0.676. The number of benzene rings is 2. The lowest BCUT2D eigenvalue weighted by Crippen LogP contribution is -2.22. The minimum absolute atomic E-state index is 0. The number of methoxy groups -OCH3 is 1. The third-order valence-electron chi connectivity index (χ3n) is 2.81. The van der Waals surface area contributed by atoms with Gasteiger partial charge in [-0.05, 0) is 42.0 Å². The number of guanidine groups is 1. The Balaban J connectivity index is 0.00000242. The molecular weight excluding hydrogens is 400 g/mol. The number of hydrogen-bond acceptors (Lipinski definition) is 3. The van der Waals surface area contributed by atoms with Crippen LogP contribution in [0.5, 0.6) is 11.5 Å². The van der Waals surface area contributed by atoms with Crippen LogP contribution in [0.25, 0.3) is 0 Å². The Kier molecular flexibility index (Phi) is 6.90. The highest BCUT2D eigenvalue weighted by atomic mass is 127. The molecule has 0 aliphatic rings. The van der Waals surface area contributed by atoms with Crippen LogP contribution in [-0.4, -0.2) is 18.2 Å². The van der Waals surface area contributed by atoms with E-state index < -0.39 is 5.82 Å².